The summed E-state index contributed by atoms with van der Waals surface area (Å²) < 4.78 is 0. The molecule has 0 aliphatic heterocycles. The summed E-state index contributed by atoms with van der Waals surface area (Å²) in [5.74, 6) is 0.428. The van der Waals surface area contributed by atoms with Crippen molar-refractivity contribution in [2.24, 2.45) is 5.92 Å². The molecule has 1 heterocycles. The minimum Gasteiger partial charge on any atom is -0.396 e. The van der Waals surface area contributed by atoms with E-state index >= 15 is 0 Å². The van der Waals surface area contributed by atoms with Gasteiger partial charge in [-0.05, 0) is 39.5 Å². The van der Waals surface area contributed by atoms with Gasteiger partial charge in [0.2, 0.25) is 0 Å². The summed E-state index contributed by atoms with van der Waals surface area (Å²) in [7, 11) is 0. The molecule has 0 spiro atoms. The molecule has 1 fully saturated rings. The molecular weight excluding hydrogens is 232 g/mol. The van der Waals surface area contributed by atoms with Gasteiger partial charge in [0, 0.05) is 23.6 Å². The second-order valence-corrected chi connectivity index (χ2v) is 6.45. The number of nitrogens with zero attached hydrogens (tertiary/aromatic N) is 1. The average molecular weight is 254 g/mol. The number of aliphatic hydroxyl groups excluding tert-OH is 1. The van der Waals surface area contributed by atoms with Gasteiger partial charge in [0.25, 0.3) is 0 Å². The fourth-order valence-corrected chi connectivity index (χ4v) is 3.74. The topological polar surface area (TPSA) is 45.2 Å². The van der Waals surface area contributed by atoms with Gasteiger partial charge in [-0.3, -0.25) is 0 Å². The molecule has 1 aromatic heterocycles. The number of aromatic nitrogens is 1. The highest BCUT2D eigenvalue weighted by atomic mass is 32.1. The van der Waals surface area contributed by atoms with Crippen LogP contribution < -0.4 is 5.32 Å². The molecular formula is C13H22N2OS. The first-order valence-electron chi connectivity index (χ1n) is 6.42. The Labute approximate surface area is 107 Å². The summed E-state index contributed by atoms with van der Waals surface area (Å²) in [6.07, 6.45) is 3.55. The Morgan fingerprint density at radius 3 is 2.82 bits per heavy atom. The standard InChI is InChI=1S/C13H22N2OS/c1-8(13-9(2)17-10(3)15-13)14-12-6-4-5-11(12)7-16/h8,11-12,14,16H,4-7H2,1-3H3. The molecule has 0 amide bonds. The molecule has 0 radical (unpaired) electrons. The van der Waals surface area contributed by atoms with E-state index in [1.165, 1.54) is 23.4 Å². The Bertz CT molecular complexity index is 377. The van der Waals surface area contributed by atoms with Crippen molar-refractivity contribution in [3.05, 3.63) is 15.6 Å². The number of hydrogen-bond acceptors (Lipinski definition) is 4. The Hall–Kier alpha value is -0.450. The van der Waals surface area contributed by atoms with E-state index < -0.39 is 0 Å². The van der Waals surface area contributed by atoms with Crippen molar-refractivity contribution in [2.45, 2.75) is 52.1 Å². The maximum absolute atomic E-state index is 9.33. The van der Waals surface area contributed by atoms with Crippen molar-refractivity contribution < 1.29 is 5.11 Å². The average Bonchev–Trinajstić information content (AvgIpc) is 2.84. The van der Waals surface area contributed by atoms with Crippen molar-refractivity contribution in [3.63, 3.8) is 0 Å². The van der Waals surface area contributed by atoms with Gasteiger partial charge in [-0.15, -0.1) is 11.3 Å². The largest absolute Gasteiger partial charge is 0.396 e. The van der Waals surface area contributed by atoms with Gasteiger partial charge in [0.05, 0.1) is 10.7 Å². The minimum absolute atomic E-state index is 0.289. The summed E-state index contributed by atoms with van der Waals surface area (Å²) in [6.45, 7) is 6.67. The lowest BCUT2D eigenvalue weighted by Gasteiger charge is -2.23. The van der Waals surface area contributed by atoms with Gasteiger partial charge in [-0.1, -0.05) is 6.42 Å². The normalized spacial score (nSPS) is 26.4. The maximum Gasteiger partial charge on any atom is 0.0900 e. The third kappa shape index (κ3) is 2.87. The predicted molar refractivity (Wildman–Crippen MR) is 71.4 cm³/mol. The van der Waals surface area contributed by atoms with Crippen LogP contribution in [-0.4, -0.2) is 22.7 Å². The van der Waals surface area contributed by atoms with E-state index in [0.29, 0.717) is 18.6 Å². The second-order valence-electron chi connectivity index (χ2n) is 5.04. The molecule has 17 heavy (non-hydrogen) atoms. The number of thiazole rings is 1. The first-order chi connectivity index (χ1) is 8.11. The molecule has 3 atom stereocenters. The van der Waals surface area contributed by atoms with Crippen LogP contribution in [-0.2, 0) is 0 Å². The SMILES string of the molecule is Cc1nc(C(C)NC2CCCC2CO)c(C)s1. The second kappa shape index (κ2) is 5.46. The Kier molecular flexibility index (Phi) is 4.17. The molecule has 96 valence electrons. The Morgan fingerprint density at radius 1 is 1.47 bits per heavy atom. The van der Waals surface area contributed by atoms with E-state index in [2.05, 4.69) is 31.1 Å². The van der Waals surface area contributed by atoms with E-state index in [0.717, 1.165) is 11.4 Å². The minimum atomic E-state index is 0.289. The van der Waals surface area contributed by atoms with E-state index in [4.69, 9.17) is 0 Å². The molecule has 1 aromatic rings. The smallest absolute Gasteiger partial charge is 0.0900 e. The van der Waals surface area contributed by atoms with E-state index in [1.54, 1.807) is 11.3 Å². The van der Waals surface area contributed by atoms with Crippen LogP contribution in [0.4, 0.5) is 0 Å². The van der Waals surface area contributed by atoms with Crippen LogP contribution in [0, 0.1) is 19.8 Å². The van der Waals surface area contributed by atoms with E-state index in [1.807, 2.05) is 0 Å². The fourth-order valence-electron chi connectivity index (χ4n) is 2.82. The van der Waals surface area contributed by atoms with Gasteiger partial charge in [0.1, 0.15) is 0 Å². The van der Waals surface area contributed by atoms with Crippen molar-refractivity contribution in [1.29, 1.82) is 0 Å². The lowest BCUT2D eigenvalue weighted by molar-refractivity contribution is 0.200. The van der Waals surface area contributed by atoms with Gasteiger partial charge < -0.3 is 10.4 Å². The van der Waals surface area contributed by atoms with E-state index in [-0.39, 0.29) is 6.04 Å². The first kappa shape index (κ1) is 13.0. The quantitative estimate of drug-likeness (QED) is 0.868. The molecule has 3 unspecified atom stereocenters. The highest BCUT2D eigenvalue weighted by molar-refractivity contribution is 7.11. The third-order valence-corrected chi connectivity index (χ3v) is 4.61. The molecule has 2 N–H and O–H groups in total. The fraction of sp³-hybridized carbons (Fsp3) is 0.769. The van der Waals surface area contributed by atoms with E-state index in [9.17, 15) is 5.11 Å². The van der Waals surface area contributed by atoms with Crippen LogP contribution in [0.1, 0.15) is 47.8 Å². The molecule has 0 bridgehead atoms. The summed E-state index contributed by atoms with van der Waals surface area (Å²) in [4.78, 5) is 5.90. The van der Waals surface area contributed by atoms with Gasteiger partial charge in [-0.2, -0.15) is 0 Å². The van der Waals surface area contributed by atoms with Gasteiger partial charge >= 0.3 is 0 Å². The van der Waals surface area contributed by atoms with Crippen LogP contribution in [0.2, 0.25) is 0 Å². The summed E-state index contributed by atoms with van der Waals surface area (Å²) in [6, 6.07) is 0.744. The number of aliphatic hydroxyl groups is 1. The maximum atomic E-state index is 9.33. The van der Waals surface area contributed by atoms with Crippen molar-refractivity contribution in [2.75, 3.05) is 6.61 Å². The molecule has 2 rings (SSSR count). The van der Waals surface area contributed by atoms with Crippen LogP contribution >= 0.6 is 11.3 Å². The highest BCUT2D eigenvalue weighted by Gasteiger charge is 2.28. The summed E-state index contributed by atoms with van der Waals surface area (Å²) >= 11 is 1.76. The molecule has 0 aromatic carbocycles. The first-order valence-corrected chi connectivity index (χ1v) is 7.24. The van der Waals surface area contributed by atoms with Crippen LogP contribution in [0.15, 0.2) is 0 Å². The van der Waals surface area contributed by atoms with Crippen molar-refractivity contribution >= 4 is 11.3 Å². The van der Waals surface area contributed by atoms with Gasteiger partial charge in [0.15, 0.2) is 0 Å². The summed E-state index contributed by atoms with van der Waals surface area (Å²) in [5.41, 5.74) is 1.18. The number of aryl methyl sites for hydroxylation is 2. The zero-order valence-electron chi connectivity index (χ0n) is 10.9. The molecule has 1 aliphatic carbocycles. The van der Waals surface area contributed by atoms with Crippen LogP contribution in [0.25, 0.3) is 0 Å². The number of nitrogens with one attached hydrogen (secondary N) is 1. The third-order valence-electron chi connectivity index (χ3n) is 3.71. The molecule has 1 aliphatic rings. The van der Waals surface area contributed by atoms with Gasteiger partial charge in [-0.25, -0.2) is 4.98 Å². The Balaban J connectivity index is 2.01. The molecule has 1 saturated carbocycles. The lowest BCUT2D eigenvalue weighted by atomic mass is 10.0. The predicted octanol–water partition coefficient (Wildman–Crippen LogP) is 2.57. The highest BCUT2D eigenvalue weighted by Crippen LogP contribution is 2.29. The molecule has 4 heteroatoms. The zero-order chi connectivity index (χ0) is 12.4. The summed E-state index contributed by atoms with van der Waals surface area (Å²) in [5, 5.41) is 14.1. The molecule has 3 nitrogen and oxygen atoms in total. The molecule has 0 saturated heterocycles. The van der Waals surface area contributed by atoms with Crippen molar-refractivity contribution in [1.82, 2.24) is 10.3 Å². The lowest BCUT2D eigenvalue weighted by Crippen LogP contribution is -2.36. The van der Waals surface area contributed by atoms with Crippen LogP contribution in [0.3, 0.4) is 0 Å². The van der Waals surface area contributed by atoms with Crippen LogP contribution in [0.5, 0.6) is 0 Å². The zero-order valence-corrected chi connectivity index (χ0v) is 11.7. The van der Waals surface area contributed by atoms with Crippen molar-refractivity contribution in [3.8, 4) is 0 Å². The monoisotopic (exact) mass is 254 g/mol. The Morgan fingerprint density at radius 2 is 2.24 bits per heavy atom. The number of hydrogen-bond donors (Lipinski definition) is 2. The number of rotatable bonds is 4.